The first-order chi connectivity index (χ1) is 9.46. The SMILES string of the molecule is CC(C)(C)NCc1ccccc1Pc1ccccc1O. The standard InChI is InChI=1S/C17H22NOP/c1-17(2,3)18-12-13-8-4-6-10-15(13)20-16-11-7-5-9-14(16)19/h4-11,18-20H,12H2,1-3H3. The van der Waals surface area contributed by atoms with E-state index in [1.807, 2.05) is 18.2 Å². The van der Waals surface area contributed by atoms with Crippen LogP contribution in [0.4, 0.5) is 0 Å². The lowest BCUT2D eigenvalue weighted by atomic mass is 10.1. The van der Waals surface area contributed by atoms with Gasteiger partial charge in [0.25, 0.3) is 0 Å². The number of phenols is 1. The highest BCUT2D eigenvalue weighted by Gasteiger charge is 2.11. The molecule has 2 aromatic carbocycles. The summed E-state index contributed by atoms with van der Waals surface area (Å²) >= 11 is 0. The first-order valence-electron chi connectivity index (χ1n) is 6.84. The second kappa shape index (κ2) is 6.39. The van der Waals surface area contributed by atoms with E-state index >= 15 is 0 Å². The second-order valence-electron chi connectivity index (χ2n) is 5.90. The summed E-state index contributed by atoms with van der Waals surface area (Å²) < 4.78 is 0. The zero-order valence-corrected chi connectivity index (χ0v) is 13.3. The van der Waals surface area contributed by atoms with Crippen LogP contribution in [0.1, 0.15) is 26.3 Å². The van der Waals surface area contributed by atoms with Crippen LogP contribution in [0.15, 0.2) is 48.5 Å². The van der Waals surface area contributed by atoms with Crippen LogP contribution in [0, 0.1) is 0 Å². The van der Waals surface area contributed by atoms with Crippen LogP contribution in [0.5, 0.6) is 5.75 Å². The number of phenolic OH excluding ortho intramolecular Hbond substituents is 1. The van der Waals surface area contributed by atoms with Gasteiger partial charge in [0.1, 0.15) is 5.75 Å². The smallest absolute Gasteiger partial charge is 0.123 e. The molecule has 1 atom stereocenters. The number of hydrogen-bond donors (Lipinski definition) is 2. The van der Waals surface area contributed by atoms with Crippen molar-refractivity contribution < 1.29 is 5.11 Å². The number of benzene rings is 2. The summed E-state index contributed by atoms with van der Waals surface area (Å²) in [5.74, 6) is 0.379. The van der Waals surface area contributed by atoms with E-state index in [4.69, 9.17) is 0 Å². The molecule has 0 amide bonds. The molecule has 0 saturated heterocycles. The van der Waals surface area contributed by atoms with E-state index in [0.717, 1.165) is 11.8 Å². The highest BCUT2D eigenvalue weighted by atomic mass is 31.1. The molecule has 0 spiro atoms. The van der Waals surface area contributed by atoms with Crippen molar-refractivity contribution in [2.75, 3.05) is 0 Å². The second-order valence-corrected chi connectivity index (χ2v) is 7.23. The Morgan fingerprint density at radius 2 is 1.55 bits per heavy atom. The molecule has 3 heteroatoms. The zero-order chi connectivity index (χ0) is 14.6. The van der Waals surface area contributed by atoms with Crippen molar-refractivity contribution in [1.82, 2.24) is 5.32 Å². The Balaban J connectivity index is 2.18. The summed E-state index contributed by atoms with van der Waals surface area (Å²) in [6.07, 6.45) is 0. The minimum atomic E-state index is 0.102. The van der Waals surface area contributed by atoms with Crippen molar-refractivity contribution >= 4 is 19.2 Å². The van der Waals surface area contributed by atoms with Gasteiger partial charge in [-0.15, -0.1) is 0 Å². The van der Waals surface area contributed by atoms with Crippen molar-refractivity contribution in [2.24, 2.45) is 0 Å². The summed E-state index contributed by atoms with van der Waals surface area (Å²) in [6.45, 7) is 7.35. The van der Waals surface area contributed by atoms with Gasteiger partial charge in [0.15, 0.2) is 0 Å². The normalized spacial score (nSPS) is 12.2. The predicted molar refractivity (Wildman–Crippen MR) is 88.7 cm³/mol. The average molecular weight is 287 g/mol. The van der Waals surface area contributed by atoms with Crippen LogP contribution < -0.4 is 15.9 Å². The molecule has 2 N–H and O–H groups in total. The molecule has 106 valence electrons. The first kappa shape index (κ1) is 15.0. The lowest BCUT2D eigenvalue weighted by Gasteiger charge is -2.21. The van der Waals surface area contributed by atoms with Gasteiger partial charge in [0.2, 0.25) is 0 Å². The number of rotatable bonds is 4. The van der Waals surface area contributed by atoms with Crippen LogP contribution in [0.2, 0.25) is 0 Å². The summed E-state index contributed by atoms with van der Waals surface area (Å²) in [5, 5.41) is 15.7. The van der Waals surface area contributed by atoms with Crippen molar-refractivity contribution in [3.8, 4) is 5.75 Å². The molecule has 0 aliphatic heterocycles. The summed E-state index contributed by atoms with van der Waals surface area (Å²) in [7, 11) is 0.478. The molecule has 0 aromatic heterocycles. The molecule has 0 heterocycles. The third kappa shape index (κ3) is 4.33. The number of nitrogens with one attached hydrogen (secondary N) is 1. The first-order valence-corrected chi connectivity index (χ1v) is 7.84. The monoisotopic (exact) mass is 287 g/mol. The molecule has 0 fully saturated rings. The Bertz CT molecular complexity index is 575. The fraction of sp³-hybridized carbons (Fsp3) is 0.294. The molecular weight excluding hydrogens is 265 g/mol. The van der Waals surface area contributed by atoms with Crippen LogP contribution in [-0.2, 0) is 6.54 Å². The molecule has 0 bridgehead atoms. The molecule has 2 nitrogen and oxygen atoms in total. The fourth-order valence-electron chi connectivity index (χ4n) is 1.88. The van der Waals surface area contributed by atoms with Gasteiger partial charge in [-0.25, -0.2) is 0 Å². The Hall–Kier alpha value is -1.37. The van der Waals surface area contributed by atoms with E-state index in [2.05, 4.69) is 50.4 Å². The van der Waals surface area contributed by atoms with E-state index in [1.165, 1.54) is 10.9 Å². The molecule has 1 unspecified atom stereocenters. The molecule has 2 rings (SSSR count). The van der Waals surface area contributed by atoms with Crippen molar-refractivity contribution in [1.29, 1.82) is 0 Å². The van der Waals surface area contributed by atoms with Crippen LogP contribution in [-0.4, -0.2) is 10.6 Å². The number of hydrogen-bond acceptors (Lipinski definition) is 2. The largest absolute Gasteiger partial charge is 0.507 e. The summed E-state index contributed by atoms with van der Waals surface area (Å²) in [6, 6.07) is 16.0. The lowest BCUT2D eigenvalue weighted by Crippen LogP contribution is -2.36. The minimum absolute atomic E-state index is 0.102. The maximum absolute atomic E-state index is 9.91. The highest BCUT2D eigenvalue weighted by Crippen LogP contribution is 2.19. The Morgan fingerprint density at radius 3 is 2.20 bits per heavy atom. The van der Waals surface area contributed by atoms with E-state index in [1.54, 1.807) is 6.07 Å². The van der Waals surface area contributed by atoms with E-state index in [9.17, 15) is 5.11 Å². The molecule has 2 aromatic rings. The molecule has 20 heavy (non-hydrogen) atoms. The van der Waals surface area contributed by atoms with E-state index in [-0.39, 0.29) is 5.54 Å². The zero-order valence-electron chi connectivity index (χ0n) is 12.3. The predicted octanol–water partition coefficient (Wildman–Crippen LogP) is 2.91. The minimum Gasteiger partial charge on any atom is -0.507 e. The van der Waals surface area contributed by atoms with E-state index < -0.39 is 0 Å². The van der Waals surface area contributed by atoms with Gasteiger partial charge in [0, 0.05) is 17.4 Å². The highest BCUT2D eigenvalue weighted by molar-refractivity contribution is 7.55. The van der Waals surface area contributed by atoms with Gasteiger partial charge in [0.05, 0.1) is 0 Å². The van der Waals surface area contributed by atoms with Crippen LogP contribution in [0.3, 0.4) is 0 Å². The third-order valence-electron chi connectivity index (χ3n) is 3.00. The maximum Gasteiger partial charge on any atom is 0.123 e. The number of para-hydroxylation sites is 1. The van der Waals surface area contributed by atoms with Crippen LogP contribution >= 0.6 is 8.58 Å². The summed E-state index contributed by atoms with van der Waals surface area (Å²) in [5.41, 5.74) is 1.40. The van der Waals surface area contributed by atoms with Crippen molar-refractivity contribution in [3.05, 3.63) is 54.1 Å². The third-order valence-corrected chi connectivity index (χ3v) is 4.45. The van der Waals surface area contributed by atoms with Gasteiger partial charge in [-0.1, -0.05) is 51.0 Å². The quantitative estimate of drug-likeness (QED) is 0.848. The van der Waals surface area contributed by atoms with Gasteiger partial charge < -0.3 is 10.4 Å². The molecule has 0 aliphatic rings. The van der Waals surface area contributed by atoms with Gasteiger partial charge in [-0.3, -0.25) is 0 Å². The van der Waals surface area contributed by atoms with Gasteiger partial charge in [-0.05, 0) is 37.7 Å². The maximum atomic E-state index is 9.91. The van der Waals surface area contributed by atoms with Gasteiger partial charge >= 0.3 is 0 Å². The van der Waals surface area contributed by atoms with Crippen molar-refractivity contribution in [2.45, 2.75) is 32.9 Å². The molecular formula is C17H22NOP. The Labute approximate surface area is 123 Å². The Morgan fingerprint density at radius 1 is 0.950 bits per heavy atom. The topological polar surface area (TPSA) is 32.3 Å². The van der Waals surface area contributed by atoms with E-state index in [0.29, 0.717) is 14.3 Å². The van der Waals surface area contributed by atoms with Crippen molar-refractivity contribution in [3.63, 3.8) is 0 Å². The average Bonchev–Trinajstić information content (AvgIpc) is 2.39. The fourth-order valence-corrected chi connectivity index (χ4v) is 3.07. The Kier molecular flexibility index (Phi) is 4.80. The molecule has 0 radical (unpaired) electrons. The molecule has 0 aliphatic carbocycles. The number of aromatic hydroxyl groups is 1. The van der Waals surface area contributed by atoms with Crippen LogP contribution in [0.25, 0.3) is 0 Å². The summed E-state index contributed by atoms with van der Waals surface area (Å²) in [4.78, 5) is 0. The lowest BCUT2D eigenvalue weighted by molar-refractivity contribution is 0.425. The van der Waals surface area contributed by atoms with Gasteiger partial charge in [-0.2, -0.15) is 0 Å². The molecule has 0 saturated carbocycles.